The van der Waals surface area contributed by atoms with Gasteiger partial charge in [0.15, 0.2) is 11.5 Å². The normalized spacial score (nSPS) is 14.7. The maximum absolute atomic E-state index is 13.9. The molecule has 5 nitrogen and oxygen atoms in total. The van der Waals surface area contributed by atoms with Crippen LogP contribution in [-0.2, 0) is 17.9 Å². The Kier molecular flexibility index (Phi) is 7.95. The van der Waals surface area contributed by atoms with Gasteiger partial charge in [0.25, 0.3) is 11.1 Å². The molecule has 0 saturated carbocycles. The Balaban J connectivity index is 1.54. The number of ether oxygens (including phenoxy) is 2. The van der Waals surface area contributed by atoms with Crippen molar-refractivity contribution < 1.29 is 23.5 Å². The minimum Gasteiger partial charge on any atom is -0.493 e. The lowest BCUT2D eigenvalue weighted by Crippen LogP contribution is -2.27. The van der Waals surface area contributed by atoms with Gasteiger partial charge in [0.05, 0.1) is 22.1 Å². The summed E-state index contributed by atoms with van der Waals surface area (Å²) in [6.45, 7) is 0.248. The number of hydrogen-bond donors (Lipinski definition) is 0. The van der Waals surface area contributed by atoms with Crippen molar-refractivity contribution in [3.8, 4) is 11.5 Å². The highest BCUT2D eigenvalue weighted by atomic mass is 127. The first kappa shape index (κ1) is 24.7. The molecule has 1 aliphatic rings. The summed E-state index contributed by atoms with van der Waals surface area (Å²) in [7, 11) is 1.51. The highest BCUT2D eigenvalue weighted by Crippen LogP contribution is 2.38. The van der Waals surface area contributed by atoms with Gasteiger partial charge in [-0.2, -0.15) is 0 Å². The highest BCUT2D eigenvalue weighted by Gasteiger charge is 2.35. The van der Waals surface area contributed by atoms with Crippen LogP contribution in [0.15, 0.2) is 70.0 Å². The SMILES string of the molecule is COc1cc(/C=C2/SC(=O)N(Cc3cccc(Br)c3)C2=O)cc(I)c1OCc1ccccc1F. The van der Waals surface area contributed by atoms with Crippen LogP contribution in [-0.4, -0.2) is 23.2 Å². The first-order chi connectivity index (χ1) is 16.4. The van der Waals surface area contributed by atoms with E-state index < -0.39 is 0 Å². The first-order valence-corrected chi connectivity index (χ1v) is 12.8. The number of hydrogen-bond acceptors (Lipinski definition) is 5. The molecule has 1 aliphatic heterocycles. The van der Waals surface area contributed by atoms with Gasteiger partial charge in [-0.25, -0.2) is 4.39 Å². The van der Waals surface area contributed by atoms with E-state index in [0.29, 0.717) is 27.5 Å². The second-order valence-corrected chi connectivity index (χ2v) is 10.4. The van der Waals surface area contributed by atoms with E-state index in [2.05, 4.69) is 38.5 Å². The molecule has 1 fully saturated rings. The number of imide groups is 1. The Morgan fingerprint density at radius 3 is 2.65 bits per heavy atom. The molecule has 2 amide bonds. The summed E-state index contributed by atoms with van der Waals surface area (Å²) in [5, 5.41) is -0.317. The van der Waals surface area contributed by atoms with Crippen molar-refractivity contribution in [1.29, 1.82) is 0 Å². The van der Waals surface area contributed by atoms with Crippen LogP contribution in [0.3, 0.4) is 0 Å². The van der Waals surface area contributed by atoms with Crippen molar-refractivity contribution in [2.24, 2.45) is 0 Å². The van der Waals surface area contributed by atoms with Gasteiger partial charge >= 0.3 is 0 Å². The van der Waals surface area contributed by atoms with Gasteiger partial charge in [0.1, 0.15) is 12.4 Å². The van der Waals surface area contributed by atoms with Crippen LogP contribution in [0.4, 0.5) is 9.18 Å². The molecule has 0 radical (unpaired) electrons. The van der Waals surface area contributed by atoms with Gasteiger partial charge < -0.3 is 9.47 Å². The number of amides is 2. The molecular weight excluding hydrogens is 636 g/mol. The van der Waals surface area contributed by atoms with E-state index in [1.807, 2.05) is 30.3 Å². The summed E-state index contributed by atoms with van der Waals surface area (Å²) >= 11 is 6.41. The highest BCUT2D eigenvalue weighted by molar-refractivity contribution is 14.1. The Labute approximate surface area is 222 Å². The maximum atomic E-state index is 13.9. The molecule has 1 saturated heterocycles. The lowest BCUT2D eigenvalue weighted by molar-refractivity contribution is -0.123. The number of rotatable bonds is 7. The minimum atomic E-state index is -0.344. The lowest BCUT2D eigenvalue weighted by atomic mass is 10.1. The predicted octanol–water partition coefficient (Wildman–Crippen LogP) is 7.02. The molecule has 4 rings (SSSR count). The molecule has 34 heavy (non-hydrogen) atoms. The molecule has 0 atom stereocenters. The van der Waals surface area contributed by atoms with Crippen LogP contribution >= 0.6 is 50.3 Å². The van der Waals surface area contributed by atoms with Crippen molar-refractivity contribution in [2.45, 2.75) is 13.2 Å². The first-order valence-electron chi connectivity index (χ1n) is 10.1. The average molecular weight is 654 g/mol. The Morgan fingerprint density at radius 2 is 1.91 bits per heavy atom. The van der Waals surface area contributed by atoms with E-state index >= 15 is 0 Å². The Morgan fingerprint density at radius 1 is 1.12 bits per heavy atom. The number of benzene rings is 3. The second kappa shape index (κ2) is 10.9. The molecule has 0 aliphatic carbocycles. The van der Waals surface area contributed by atoms with Gasteiger partial charge in [-0.1, -0.05) is 46.3 Å². The fourth-order valence-corrected chi connectivity index (χ4v) is 5.40. The number of carbonyl (C=O) groups excluding carboxylic acids is 2. The topological polar surface area (TPSA) is 55.8 Å². The zero-order chi connectivity index (χ0) is 24.2. The third-order valence-corrected chi connectivity index (χ3v) is 7.18. The molecule has 3 aromatic carbocycles. The summed E-state index contributed by atoms with van der Waals surface area (Å²) in [5.41, 5.74) is 1.97. The molecule has 3 aromatic rings. The van der Waals surface area contributed by atoms with Crippen LogP contribution in [0.5, 0.6) is 11.5 Å². The minimum absolute atomic E-state index is 0.0485. The molecule has 174 valence electrons. The van der Waals surface area contributed by atoms with Crippen molar-refractivity contribution in [3.05, 3.63) is 96.1 Å². The molecule has 0 bridgehead atoms. The van der Waals surface area contributed by atoms with E-state index in [1.54, 1.807) is 30.3 Å². The zero-order valence-corrected chi connectivity index (χ0v) is 22.4. The third-order valence-electron chi connectivity index (χ3n) is 4.98. The standard InChI is InChI=1S/C25H18BrFINO4S/c1-32-21-11-16(10-20(28)23(21)33-14-17-6-2-3-8-19(17)27)12-22-24(30)29(25(31)34-22)13-15-5-4-7-18(26)9-15/h2-12H,13-14H2,1H3/b22-12+. The number of thioether (sulfide) groups is 1. The van der Waals surface area contributed by atoms with Crippen LogP contribution in [0.2, 0.25) is 0 Å². The zero-order valence-electron chi connectivity index (χ0n) is 17.9. The molecule has 9 heteroatoms. The van der Waals surface area contributed by atoms with Gasteiger partial charge in [-0.05, 0) is 81.9 Å². The van der Waals surface area contributed by atoms with Crippen LogP contribution in [0.25, 0.3) is 6.08 Å². The lowest BCUT2D eigenvalue weighted by Gasteiger charge is -2.14. The van der Waals surface area contributed by atoms with Crippen molar-refractivity contribution in [3.63, 3.8) is 0 Å². The summed E-state index contributed by atoms with van der Waals surface area (Å²) in [5.74, 6) is 0.240. The fourth-order valence-electron chi connectivity index (χ4n) is 3.33. The monoisotopic (exact) mass is 653 g/mol. The van der Waals surface area contributed by atoms with E-state index in [4.69, 9.17) is 9.47 Å². The third kappa shape index (κ3) is 5.64. The molecule has 0 spiro atoms. The second-order valence-electron chi connectivity index (χ2n) is 7.31. The molecule has 0 unspecified atom stereocenters. The van der Waals surface area contributed by atoms with Crippen molar-refractivity contribution in [1.82, 2.24) is 4.90 Å². The van der Waals surface area contributed by atoms with Crippen LogP contribution in [0.1, 0.15) is 16.7 Å². The summed E-state index contributed by atoms with van der Waals surface area (Å²) in [4.78, 5) is 27.0. The average Bonchev–Trinajstić information content (AvgIpc) is 3.06. The smallest absolute Gasteiger partial charge is 0.293 e. The van der Waals surface area contributed by atoms with Crippen molar-refractivity contribution >= 4 is 67.5 Å². The van der Waals surface area contributed by atoms with E-state index in [1.165, 1.54) is 18.1 Å². The van der Waals surface area contributed by atoms with Crippen LogP contribution in [0, 0.1) is 9.39 Å². The van der Waals surface area contributed by atoms with Gasteiger partial charge in [0, 0.05) is 10.0 Å². The van der Waals surface area contributed by atoms with E-state index in [0.717, 1.165) is 25.4 Å². The van der Waals surface area contributed by atoms with Gasteiger partial charge in [-0.3, -0.25) is 14.5 Å². The predicted molar refractivity (Wildman–Crippen MR) is 142 cm³/mol. The number of carbonyl (C=O) groups is 2. The maximum Gasteiger partial charge on any atom is 0.293 e. The van der Waals surface area contributed by atoms with Gasteiger partial charge in [-0.15, -0.1) is 0 Å². The molecule has 0 aromatic heterocycles. The van der Waals surface area contributed by atoms with E-state index in [9.17, 15) is 14.0 Å². The summed E-state index contributed by atoms with van der Waals surface area (Å²) < 4.78 is 26.9. The van der Waals surface area contributed by atoms with Gasteiger partial charge in [0.2, 0.25) is 0 Å². The van der Waals surface area contributed by atoms with E-state index in [-0.39, 0.29) is 30.1 Å². The van der Waals surface area contributed by atoms with Crippen molar-refractivity contribution in [2.75, 3.05) is 7.11 Å². The number of nitrogens with zero attached hydrogens (tertiary/aromatic N) is 1. The quantitative estimate of drug-likeness (QED) is 0.203. The Bertz CT molecular complexity index is 1300. The molecule has 1 heterocycles. The summed E-state index contributed by atoms with van der Waals surface area (Å²) in [6, 6.07) is 17.4. The number of halogens is 3. The summed E-state index contributed by atoms with van der Waals surface area (Å²) in [6.07, 6.45) is 1.66. The van der Waals surface area contributed by atoms with Crippen LogP contribution < -0.4 is 9.47 Å². The Hall–Kier alpha value is -2.37. The number of methoxy groups -OCH3 is 1. The largest absolute Gasteiger partial charge is 0.493 e. The molecule has 0 N–H and O–H groups in total. The fraction of sp³-hybridized carbons (Fsp3) is 0.120. The molecular formula is C25H18BrFINO4S.